The van der Waals surface area contributed by atoms with Gasteiger partial charge in [-0.3, -0.25) is 9.36 Å². The number of fused-ring (bicyclic) bond motifs is 3. The molecule has 9 heteroatoms. The van der Waals surface area contributed by atoms with Gasteiger partial charge in [-0.15, -0.1) is 24.8 Å². The SMILES string of the molecule is CN(C)CCn1c(=O)oc2ccc(NC(=O)C3C4CCC(C4)C3N)cc21.Cl.Cl. The number of halogens is 2. The van der Waals surface area contributed by atoms with E-state index in [1.807, 2.05) is 25.1 Å². The summed E-state index contributed by atoms with van der Waals surface area (Å²) in [7, 11) is 3.91. The molecule has 2 bridgehead atoms. The summed E-state index contributed by atoms with van der Waals surface area (Å²) in [5.74, 6) is 0.411. The van der Waals surface area contributed by atoms with E-state index in [4.69, 9.17) is 10.2 Å². The molecule has 1 amide bonds. The van der Waals surface area contributed by atoms with Gasteiger partial charge < -0.3 is 20.4 Å². The highest BCUT2D eigenvalue weighted by Crippen LogP contribution is 2.47. The van der Waals surface area contributed by atoms with Crippen molar-refractivity contribution in [1.29, 1.82) is 0 Å². The van der Waals surface area contributed by atoms with Gasteiger partial charge in [0.25, 0.3) is 0 Å². The molecule has 4 atom stereocenters. The fourth-order valence-corrected chi connectivity index (χ4v) is 4.60. The summed E-state index contributed by atoms with van der Waals surface area (Å²) in [6, 6.07) is 5.29. The summed E-state index contributed by atoms with van der Waals surface area (Å²) in [4.78, 5) is 26.9. The minimum atomic E-state index is -0.375. The Bertz CT molecular complexity index is 893. The molecule has 2 saturated carbocycles. The number of carbonyl (C=O) groups is 1. The predicted molar refractivity (Wildman–Crippen MR) is 114 cm³/mol. The van der Waals surface area contributed by atoms with Crippen molar-refractivity contribution in [2.24, 2.45) is 23.5 Å². The molecule has 1 aromatic carbocycles. The first-order valence-corrected chi connectivity index (χ1v) is 9.28. The Balaban J connectivity index is 0.00000140. The molecular formula is C19H28Cl2N4O3. The first-order chi connectivity index (χ1) is 12.4. The Morgan fingerprint density at radius 3 is 2.64 bits per heavy atom. The van der Waals surface area contributed by atoms with Crippen molar-refractivity contribution in [1.82, 2.24) is 9.47 Å². The maximum atomic E-state index is 12.8. The minimum absolute atomic E-state index is 0. The molecule has 7 nitrogen and oxygen atoms in total. The highest BCUT2D eigenvalue weighted by atomic mass is 35.5. The maximum absolute atomic E-state index is 12.8. The van der Waals surface area contributed by atoms with Crippen LogP contribution in [0.4, 0.5) is 5.69 Å². The summed E-state index contributed by atoms with van der Waals surface area (Å²) in [5.41, 5.74) is 8.19. The molecule has 2 aliphatic rings. The number of anilines is 1. The summed E-state index contributed by atoms with van der Waals surface area (Å²) >= 11 is 0. The molecule has 0 radical (unpaired) electrons. The zero-order valence-corrected chi connectivity index (χ0v) is 17.7. The Hall–Kier alpha value is -1.54. The van der Waals surface area contributed by atoms with E-state index < -0.39 is 0 Å². The molecular weight excluding hydrogens is 403 g/mol. The average molecular weight is 431 g/mol. The summed E-state index contributed by atoms with van der Waals surface area (Å²) in [6.45, 7) is 1.26. The molecule has 4 rings (SSSR count). The van der Waals surface area contributed by atoms with E-state index in [0.29, 0.717) is 35.2 Å². The normalized spacial score (nSPS) is 25.6. The maximum Gasteiger partial charge on any atom is 0.419 e. The lowest BCUT2D eigenvalue weighted by Crippen LogP contribution is -2.42. The number of benzene rings is 1. The summed E-state index contributed by atoms with van der Waals surface area (Å²) in [5, 5.41) is 3.01. The number of hydrogen-bond donors (Lipinski definition) is 2. The number of nitrogens with one attached hydrogen (secondary N) is 1. The van der Waals surface area contributed by atoms with Gasteiger partial charge >= 0.3 is 5.76 Å². The van der Waals surface area contributed by atoms with E-state index in [-0.39, 0.29) is 48.4 Å². The van der Waals surface area contributed by atoms with E-state index >= 15 is 0 Å². The third-order valence-electron chi connectivity index (χ3n) is 5.99. The molecule has 2 aromatic rings. The van der Waals surface area contributed by atoms with Crippen molar-refractivity contribution in [3.05, 3.63) is 28.7 Å². The average Bonchev–Trinajstić information content (AvgIpc) is 3.25. The second kappa shape index (κ2) is 8.86. The van der Waals surface area contributed by atoms with Gasteiger partial charge in [-0.2, -0.15) is 0 Å². The topological polar surface area (TPSA) is 93.5 Å². The number of amides is 1. The molecule has 2 fully saturated rings. The van der Waals surface area contributed by atoms with E-state index in [0.717, 1.165) is 25.8 Å². The van der Waals surface area contributed by atoms with Crippen molar-refractivity contribution >= 4 is 47.5 Å². The Kier molecular flexibility index (Phi) is 7.20. The van der Waals surface area contributed by atoms with Crippen LogP contribution in [-0.2, 0) is 11.3 Å². The number of nitrogens with zero attached hydrogens (tertiary/aromatic N) is 2. The molecule has 0 spiro atoms. The molecule has 2 aliphatic carbocycles. The highest BCUT2D eigenvalue weighted by Gasteiger charge is 2.49. The van der Waals surface area contributed by atoms with E-state index in [1.165, 1.54) is 0 Å². The van der Waals surface area contributed by atoms with Gasteiger partial charge in [-0.1, -0.05) is 0 Å². The second-order valence-corrected chi connectivity index (χ2v) is 7.93. The first kappa shape index (κ1) is 22.7. The van der Waals surface area contributed by atoms with Crippen LogP contribution in [0.2, 0.25) is 0 Å². The number of oxazole rings is 1. The van der Waals surface area contributed by atoms with Crippen LogP contribution in [0.3, 0.4) is 0 Å². The van der Waals surface area contributed by atoms with E-state index in [2.05, 4.69) is 5.32 Å². The molecule has 3 N–H and O–H groups in total. The van der Waals surface area contributed by atoms with Gasteiger partial charge in [0.1, 0.15) is 0 Å². The fraction of sp³-hybridized carbons (Fsp3) is 0.579. The number of likely N-dealkylation sites (N-methyl/N-ethyl adjacent to an activating group) is 1. The van der Waals surface area contributed by atoms with Gasteiger partial charge in [0, 0.05) is 24.8 Å². The van der Waals surface area contributed by atoms with Crippen LogP contribution >= 0.6 is 24.8 Å². The Morgan fingerprint density at radius 2 is 2.00 bits per heavy atom. The monoisotopic (exact) mass is 430 g/mol. The standard InChI is InChI=1S/C19H26N4O3.2ClH/c1-22(2)7-8-23-14-10-13(5-6-15(14)26-19(23)25)21-18(24)16-11-3-4-12(9-11)17(16)20;;/h5-6,10-12,16-17H,3-4,7-9,20H2,1-2H3,(H,21,24);2*1H. The van der Waals surface area contributed by atoms with Crippen LogP contribution < -0.4 is 16.8 Å². The van der Waals surface area contributed by atoms with Crippen molar-refractivity contribution < 1.29 is 9.21 Å². The van der Waals surface area contributed by atoms with Crippen LogP contribution in [-0.4, -0.2) is 42.1 Å². The number of aromatic nitrogens is 1. The van der Waals surface area contributed by atoms with E-state index in [9.17, 15) is 9.59 Å². The summed E-state index contributed by atoms with van der Waals surface area (Å²) < 4.78 is 6.91. The molecule has 1 aromatic heterocycles. The lowest BCUT2D eigenvalue weighted by atomic mass is 9.84. The smallest absolute Gasteiger partial charge is 0.408 e. The zero-order chi connectivity index (χ0) is 18.4. The number of hydrogen-bond acceptors (Lipinski definition) is 5. The summed E-state index contributed by atoms with van der Waals surface area (Å²) in [6.07, 6.45) is 3.32. The molecule has 1 heterocycles. The first-order valence-electron chi connectivity index (χ1n) is 9.28. The van der Waals surface area contributed by atoms with Gasteiger partial charge in [0.05, 0.1) is 11.4 Å². The molecule has 0 saturated heterocycles. The van der Waals surface area contributed by atoms with Gasteiger partial charge in [-0.25, -0.2) is 4.79 Å². The number of rotatable bonds is 5. The van der Waals surface area contributed by atoms with Crippen LogP contribution in [0.25, 0.3) is 11.1 Å². The molecule has 0 aliphatic heterocycles. The van der Waals surface area contributed by atoms with Gasteiger partial charge in [-0.05, 0) is 63.4 Å². The molecule has 156 valence electrons. The van der Waals surface area contributed by atoms with Crippen molar-refractivity contribution in [3.8, 4) is 0 Å². The van der Waals surface area contributed by atoms with Crippen LogP contribution in [0.1, 0.15) is 19.3 Å². The van der Waals surface area contributed by atoms with Crippen LogP contribution in [0.15, 0.2) is 27.4 Å². The number of carbonyl (C=O) groups excluding carboxylic acids is 1. The third-order valence-corrected chi connectivity index (χ3v) is 5.99. The Morgan fingerprint density at radius 1 is 1.29 bits per heavy atom. The lowest BCUT2D eigenvalue weighted by Gasteiger charge is -2.27. The van der Waals surface area contributed by atoms with Gasteiger partial charge in [0.15, 0.2) is 5.58 Å². The molecule has 4 unspecified atom stereocenters. The third kappa shape index (κ3) is 4.08. The van der Waals surface area contributed by atoms with Crippen molar-refractivity contribution in [3.63, 3.8) is 0 Å². The molecule has 28 heavy (non-hydrogen) atoms. The van der Waals surface area contributed by atoms with Crippen LogP contribution in [0.5, 0.6) is 0 Å². The zero-order valence-electron chi connectivity index (χ0n) is 16.1. The van der Waals surface area contributed by atoms with E-state index in [1.54, 1.807) is 16.7 Å². The quantitative estimate of drug-likeness (QED) is 0.758. The fourth-order valence-electron chi connectivity index (χ4n) is 4.60. The van der Waals surface area contributed by atoms with Crippen LogP contribution in [0, 0.1) is 17.8 Å². The van der Waals surface area contributed by atoms with Gasteiger partial charge in [0.2, 0.25) is 5.91 Å². The van der Waals surface area contributed by atoms with Crippen molar-refractivity contribution in [2.75, 3.05) is 26.0 Å². The highest BCUT2D eigenvalue weighted by molar-refractivity contribution is 5.95. The lowest BCUT2D eigenvalue weighted by molar-refractivity contribution is -0.121. The minimum Gasteiger partial charge on any atom is -0.408 e. The predicted octanol–water partition coefficient (Wildman–Crippen LogP) is 2.31. The Labute approximate surface area is 176 Å². The van der Waals surface area contributed by atoms with Crippen molar-refractivity contribution in [2.45, 2.75) is 31.8 Å². The largest absolute Gasteiger partial charge is 0.419 e. The second-order valence-electron chi connectivity index (χ2n) is 7.93. The number of nitrogens with two attached hydrogens (primary N) is 1.